The van der Waals surface area contributed by atoms with Crippen molar-refractivity contribution in [3.63, 3.8) is 0 Å². The average molecular weight is 270 g/mol. The van der Waals surface area contributed by atoms with E-state index in [2.05, 4.69) is 4.98 Å². The SMILES string of the molecule is O=P(O)(O)CP(O)(O)=[S+]c1ccccn1. The van der Waals surface area contributed by atoms with Crippen LogP contribution in [0, 0.1) is 0 Å². The summed E-state index contributed by atoms with van der Waals surface area (Å²) in [5.41, 5.74) is 0. The normalized spacial score (nSPS) is 12.5. The highest BCUT2D eigenvalue weighted by molar-refractivity contribution is 8.20. The Morgan fingerprint density at radius 2 is 1.93 bits per heavy atom. The van der Waals surface area contributed by atoms with Crippen LogP contribution in [0.3, 0.4) is 0 Å². The van der Waals surface area contributed by atoms with Gasteiger partial charge >= 0.3 is 19.1 Å². The monoisotopic (exact) mass is 270 g/mol. The molecule has 0 aliphatic heterocycles. The molecule has 6 nitrogen and oxygen atoms in total. The van der Waals surface area contributed by atoms with Gasteiger partial charge in [-0.05, 0) is 6.07 Å². The highest BCUT2D eigenvalue weighted by Crippen LogP contribution is 2.53. The van der Waals surface area contributed by atoms with Gasteiger partial charge in [0.1, 0.15) is 0 Å². The molecule has 0 atom stereocenters. The summed E-state index contributed by atoms with van der Waals surface area (Å²) in [7, 11) is -3.83. The van der Waals surface area contributed by atoms with Crippen molar-refractivity contribution >= 4 is 25.0 Å². The van der Waals surface area contributed by atoms with Crippen LogP contribution in [0.2, 0.25) is 0 Å². The molecule has 0 aromatic carbocycles. The van der Waals surface area contributed by atoms with Crippen molar-refractivity contribution < 1.29 is 24.1 Å². The number of aromatic nitrogens is 1. The third-order valence-electron chi connectivity index (χ3n) is 1.25. The summed E-state index contributed by atoms with van der Waals surface area (Å²) >= 11 is 0. The van der Waals surface area contributed by atoms with Gasteiger partial charge in [-0.2, -0.15) is 0 Å². The lowest BCUT2D eigenvalue weighted by Crippen LogP contribution is -1.92. The lowest BCUT2D eigenvalue weighted by atomic mass is 10.5. The van der Waals surface area contributed by atoms with E-state index in [0.29, 0.717) is 16.0 Å². The quantitative estimate of drug-likeness (QED) is 0.467. The molecule has 9 heteroatoms. The molecule has 1 rings (SSSR count). The second-order valence-electron chi connectivity index (χ2n) is 2.73. The standard InChI is InChI=1S/C6H9NO5P2S/c8-13(9,10)5-14(11,12)15-6-3-1-2-4-7-6/h1-4H,5H2,(H3-,8,9,10,11,12)/p+1. The van der Waals surface area contributed by atoms with E-state index in [1.165, 1.54) is 12.3 Å². The Balaban J connectivity index is 2.96. The molecule has 0 unspecified atom stereocenters. The molecule has 15 heavy (non-hydrogen) atoms. The highest BCUT2D eigenvalue weighted by atomic mass is 32.5. The average Bonchev–Trinajstić information content (AvgIpc) is 1.99. The van der Waals surface area contributed by atoms with Crippen LogP contribution in [-0.2, 0) is 15.5 Å². The summed E-state index contributed by atoms with van der Waals surface area (Å²) in [6.07, 6.45) is 1.46. The first kappa shape index (κ1) is 12.9. The van der Waals surface area contributed by atoms with Gasteiger partial charge in [0, 0.05) is 12.3 Å². The molecule has 0 amide bonds. The molecule has 1 aromatic rings. The van der Waals surface area contributed by atoms with Gasteiger partial charge in [-0.25, -0.2) is 4.98 Å². The smallest absolute Gasteiger partial charge is 0.324 e. The molecular weight excluding hydrogens is 260 g/mol. The fraction of sp³-hybridized carbons (Fsp3) is 0.167. The van der Waals surface area contributed by atoms with Crippen molar-refractivity contribution in [1.29, 1.82) is 0 Å². The topological polar surface area (TPSA) is 111 Å². The van der Waals surface area contributed by atoms with Crippen LogP contribution in [0.25, 0.3) is 0 Å². The van der Waals surface area contributed by atoms with E-state index >= 15 is 0 Å². The summed E-state index contributed by atoms with van der Waals surface area (Å²) in [6.45, 7) is -3.69. The van der Waals surface area contributed by atoms with E-state index in [4.69, 9.17) is 9.79 Å². The molecule has 0 radical (unpaired) electrons. The summed E-state index contributed by atoms with van der Waals surface area (Å²) in [4.78, 5) is 39.8. The van der Waals surface area contributed by atoms with E-state index < -0.39 is 20.0 Å². The van der Waals surface area contributed by atoms with Crippen LogP contribution in [0.1, 0.15) is 0 Å². The highest BCUT2D eigenvalue weighted by Gasteiger charge is 2.34. The van der Waals surface area contributed by atoms with Crippen LogP contribution in [-0.4, -0.2) is 30.5 Å². The Bertz CT molecular complexity index is 424. The minimum absolute atomic E-state index is 0.323. The van der Waals surface area contributed by atoms with Gasteiger partial charge in [-0.15, -0.1) is 0 Å². The van der Waals surface area contributed by atoms with E-state index in [9.17, 15) is 14.4 Å². The van der Waals surface area contributed by atoms with Gasteiger partial charge in [-0.1, -0.05) is 6.07 Å². The van der Waals surface area contributed by atoms with Gasteiger partial charge in [0.05, 0.1) is 0 Å². The first-order valence-electron chi connectivity index (χ1n) is 3.77. The molecule has 0 spiro atoms. The maximum Gasteiger partial charge on any atom is 0.392 e. The number of pyridine rings is 1. The van der Waals surface area contributed by atoms with Gasteiger partial charge in [0.2, 0.25) is 0 Å². The minimum atomic E-state index is -4.42. The zero-order valence-corrected chi connectivity index (χ0v) is 10.1. The molecule has 0 aliphatic rings. The molecule has 0 fully saturated rings. The zero-order chi connectivity index (χ0) is 11.5. The largest absolute Gasteiger partial charge is 0.392 e. The Labute approximate surface area is 89.9 Å². The van der Waals surface area contributed by atoms with Crippen molar-refractivity contribution in [2.75, 3.05) is 5.90 Å². The summed E-state index contributed by atoms with van der Waals surface area (Å²) in [6, 6.07) is 4.83. The van der Waals surface area contributed by atoms with Crippen LogP contribution in [0.4, 0.5) is 0 Å². The predicted octanol–water partition coefficient (Wildman–Crippen LogP) is 0.405. The zero-order valence-electron chi connectivity index (χ0n) is 7.46. The first-order valence-corrected chi connectivity index (χ1v) is 8.87. The van der Waals surface area contributed by atoms with Crippen LogP contribution in [0.5, 0.6) is 0 Å². The van der Waals surface area contributed by atoms with Crippen molar-refractivity contribution in [2.24, 2.45) is 0 Å². The molecular formula is C6H10NO5P2S+. The second-order valence-corrected chi connectivity index (χ2v) is 9.42. The Kier molecular flexibility index (Phi) is 4.14. The van der Waals surface area contributed by atoms with Crippen LogP contribution < -0.4 is 0 Å². The Morgan fingerprint density at radius 3 is 2.40 bits per heavy atom. The lowest BCUT2D eigenvalue weighted by Gasteiger charge is -2.02. The van der Waals surface area contributed by atoms with Crippen LogP contribution in [0.15, 0.2) is 29.4 Å². The summed E-state index contributed by atoms with van der Waals surface area (Å²) in [5.74, 6) is -0.929. The van der Waals surface area contributed by atoms with Crippen molar-refractivity contribution in [1.82, 2.24) is 4.98 Å². The third kappa shape index (κ3) is 5.49. The van der Waals surface area contributed by atoms with E-state index in [1.807, 2.05) is 0 Å². The van der Waals surface area contributed by atoms with Gasteiger partial charge in [0.15, 0.2) is 5.90 Å². The number of hydrogen-bond donors (Lipinski definition) is 4. The number of nitrogens with zero attached hydrogens (tertiary/aromatic N) is 1. The molecule has 0 bridgehead atoms. The molecule has 1 aromatic heterocycles. The number of hydrogen-bond acceptors (Lipinski definition) is 2. The lowest BCUT2D eigenvalue weighted by molar-refractivity contribution is 0.375. The molecule has 4 N–H and O–H groups in total. The fourth-order valence-corrected chi connectivity index (χ4v) is 6.61. The van der Waals surface area contributed by atoms with Crippen LogP contribution >= 0.6 is 14.1 Å². The first-order chi connectivity index (χ1) is 6.79. The summed E-state index contributed by atoms with van der Waals surface area (Å²) in [5, 5.41) is 0.323. The van der Waals surface area contributed by atoms with E-state index in [0.717, 1.165) is 0 Å². The summed E-state index contributed by atoms with van der Waals surface area (Å²) < 4.78 is 10.6. The van der Waals surface area contributed by atoms with Gasteiger partial charge in [0.25, 0.3) is 10.9 Å². The molecule has 0 saturated carbocycles. The maximum absolute atomic E-state index is 10.6. The van der Waals surface area contributed by atoms with Crippen molar-refractivity contribution in [2.45, 2.75) is 5.03 Å². The van der Waals surface area contributed by atoms with Crippen molar-refractivity contribution in [3.8, 4) is 0 Å². The molecule has 0 aliphatic carbocycles. The van der Waals surface area contributed by atoms with E-state index in [1.54, 1.807) is 12.1 Å². The number of rotatable bonds is 3. The van der Waals surface area contributed by atoms with Gasteiger partial charge in [-0.3, -0.25) is 4.57 Å². The predicted molar refractivity (Wildman–Crippen MR) is 58.1 cm³/mol. The fourth-order valence-electron chi connectivity index (χ4n) is 0.820. The molecule has 1 heterocycles. The Hall–Kier alpha value is -0.130. The van der Waals surface area contributed by atoms with E-state index in [-0.39, 0.29) is 0 Å². The third-order valence-corrected chi connectivity index (χ3v) is 7.39. The second kappa shape index (κ2) is 4.80. The Morgan fingerprint density at radius 1 is 1.27 bits per heavy atom. The van der Waals surface area contributed by atoms with Crippen molar-refractivity contribution in [3.05, 3.63) is 24.4 Å². The minimum Gasteiger partial charge on any atom is -0.324 e. The molecule has 84 valence electrons. The maximum atomic E-state index is 10.6. The molecule has 0 saturated heterocycles. The van der Waals surface area contributed by atoms with Gasteiger partial charge < -0.3 is 19.6 Å².